The van der Waals surface area contributed by atoms with E-state index in [0.29, 0.717) is 5.56 Å². The van der Waals surface area contributed by atoms with Crippen LogP contribution >= 0.6 is 15.9 Å². The largest absolute Gasteiger partial charge is 0.497 e. The minimum atomic E-state index is -2.46. The Balaban J connectivity index is 2.77. The monoisotopic (exact) mass is 233 g/mol. The quantitative estimate of drug-likeness (QED) is 0.762. The Bertz CT molecular complexity index is 355. The first-order valence-electron chi connectivity index (χ1n) is 4.68. The van der Waals surface area contributed by atoms with Crippen molar-refractivity contribution in [3.05, 3.63) is 34.6 Å². The Morgan fingerprint density at radius 2 is 2.25 bits per heavy atom. The Kier molecular flexibility index (Phi) is 2.04. The molecular weight excluding hydrogens is 223 g/mol. The van der Waals surface area contributed by atoms with E-state index in [9.17, 15) is 4.39 Å². The fraction of sp³-hybridized carbons (Fsp3) is 0.111. The lowest BCUT2D eigenvalue weighted by molar-refractivity contribution is 0.415. The van der Waals surface area contributed by atoms with Crippen LogP contribution in [0.4, 0.5) is 4.39 Å². The molecule has 0 heterocycles. The fourth-order valence-electron chi connectivity index (χ4n) is 0.758. The summed E-state index contributed by atoms with van der Waals surface area (Å²) in [6.07, 6.45) is 1.26. The van der Waals surface area contributed by atoms with Crippen LogP contribution in [0.15, 0.2) is 29.0 Å². The maximum absolute atomic E-state index is 12.4. The lowest BCUT2D eigenvalue weighted by Crippen LogP contribution is -1.81. The van der Waals surface area contributed by atoms with Crippen molar-refractivity contribution in [3.63, 3.8) is 0 Å². The van der Waals surface area contributed by atoms with E-state index < -0.39 is 11.8 Å². The van der Waals surface area contributed by atoms with Crippen molar-refractivity contribution in [1.29, 1.82) is 0 Å². The highest BCUT2D eigenvalue weighted by molar-refractivity contribution is 9.11. The zero-order valence-corrected chi connectivity index (χ0v) is 7.64. The minimum Gasteiger partial charge on any atom is -0.497 e. The summed E-state index contributed by atoms with van der Waals surface area (Å²) in [4.78, 5) is 0. The Morgan fingerprint density at radius 3 is 2.75 bits per heavy atom. The van der Waals surface area contributed by atoms with Gasteiger partial charge in [0.15, 0.2) is 4.74 Å². The average molecular weight is 234 g/mol. The molecule has 64 valence electrons. The SMILES string of the molecule is [2H]C([2H])([2H])Oc1ccc(/C=C(/F)Br)cc1. The van der Waals surface area contributed by atoms with E-state index in [1.165, 1.54) is 18.2 Å². The highest BCUT2D eigenvalue weighted by atomic mass is 79.9. The topological polar surface area (TPSA) is 9.23 Å². The summed E-state index contributed by atoms with van der Waals surface area (Å²) >= 11 is 2.65. The van der Waals surface area contributed by atoms with Gasteiger partial charge in [-0.1, -0.05) is 12.1 Å². The van der Waals surface area contributed by atoms with Crippen LogP contribution in [-0.2, 0) is 0 Å². The van der Waals surface area contributed by atoms with Crippen LogP contribution in [0.5, 0.6) is 5.75 Å². The van der Waals surface area contributed by atoms with Crippen molar-refractivity contribution in [2.75, 3.05) is 7.04 Å². The van der Waals surface area contributed by atoms with E-state index >= 15 is 0 Å². The third-order valence-corrected chi connectivity index (χ3v) is 1.50. The number of halogens is 2. The van der Waals surface area contributed by atoms with Crippen molar-refractivity contribution in [3.8, 4) is 5.75 Å². The summed E-state index contributed by atoms with van der Waals surface area (Å²) in [7, 11) is -2.46. The molecule has 1 aromatic carbocycles. The van der Waals surface area contributed by atoms with Crippen LogP contribution in [0.3, 0.4) is 0 Å². The zero-order valence-electron chi connectivity index (χ0n) is 9.05. The molecule has 0 unspecified atom stereocenters. The number of benzene rings is 1. The Hall–Kier alpha value is -0.830. The minimum absolute atomic E-state index is 0.224. The first-order chi connectivity index (χ1) is 6.87. The van der Waals surface area contributed by atoms with E-state index in [1.807, 2.05) is 0 Å². The van der Waals surface area contributed by atoms with Gasteiger partial charge in [0.05, 0.1) is 11.2 Å². The number of hydrogen-bond donors (Lipinski definition) is 0. The van der Waals surface area contributed by atoms with Crippen molar-refractivity contribution in [2.45, 2.75) is 0 Å². The van der Waals surface area contributed by atoms with Crippen molar-refractivity contribution in [2.24, 2.45) is 0 Å². The number of ether oxygens (including phenoxy) is 1. The first-order valence-corrected chi connectivity index (χ1v) is 3.98. The van der Waals surface area contributed by atoms with Crippen LogP contribution in [0, 0.1) is 0 Å². The van der Waals surface area contributed by atoms with Gasteiger partial charge in [0.25, 0.3) is 0 Å². The summed E-state index contributed by atoms with van der Waals surface area (Å²) in [6, 6.07) is 6.05. The normalized spacial score (nSPS) is 16.2. The number of methoxy groups -OCH3 is 1. The summed E-state index contributed by atoms with van der Waals surface area (Å²) in [5.41, 5.74) is 0.613. The molecule has 1 aromatic rings. The Labute approximate surface area is 83.2 Å². The number of rotatable bonds is 2. The molecule has 0 aromatic heterocycles. The molecule has 0 bridgehead atoms. The zero-order chi connectivity index (χ0) is 11.5. The predicted molar refractivity (Wildman–Crippen MR) is 51.0 cm³/mol. The van der Waals surface area contributed by atoms with Gasteiger partial charge in [-0.3, -0.25) is 0 Å². The van der Waals surface area contributed by atoms with E-state index in [2.05, 4.69) is 20.7 Å². The van der Waals surface area contributed by atoms with Crippen molar-refractivity contribution >= 4 is 22.0 Å². The molecule has 0 fully saturated rings. The second-order valence-corrected chi connectivity index (χ2v) is 2.86. The van der Waals surface area contributed by atoms with Gasteiger partial charge in [-0.05, 0) is 39.7 Å². The molecule has 12 heavy (non-hydrogen) atoms. The van der Waals surface area contributed by atoms with Crippen LogP contribution in [0.2, 0.25) is 0 Å². The third-order valence-electron chi connectivity index (χ3n) is 1.27. The summed E-state index contributed by atoms with van der Waals surface area (Å²) < 4.78 is 37.2. The van der Waals surface area contributed by atoms with E-state index in [0.717, 1.165) is 0 Å². The standard InChI is InChI=1S/C9H8BrFO/c1-12-8-4-2-7(3-5-8)6-9(10)11/h2-6H,1H3/b9-6+/i1D3. The molecule has 0 amide bonds. The van der Waals surface area contributed by atoms with Gasteiger partial charge in [-0.25, -0.2) is 0 Å². The van der Waals surface area contributed by atoms with Crippen LogP contribution in [-0.4, -0.2) is 7.04 Å². The van der Waals surface area contributed by atoms with Gasteiger partial charge >= 0.3 is 0 Å². The van der Waals surface area contributed by atoms with Crippen LogP contribution in [0.1, 0.15) is 9.68 Å². The van der Waals surface area contributed by atoms with Crippen molar-refractivity contribution < 1.29 is 13.2 Å². The summed E-state index contributed by atoms with van der Waals surface area (Å²) in [5.74, 6) is 0.224. The number of hydrogen-bond acceptors (Lipinski definition) is 1. The maximum atomic E-state index is 12.4. The highest BCUT2D eigenvalue weighted by Crippen LogP contribution is 2.16. The Morgan fingerprint density at radius 1 is 1.58 bits per heavy atom. The molecule has 1 nitrogen and oxygen atoms in total. The average Bonchev–Trinajstić information content (AvgIpc) is 2.05. The van der Waals surface area contributed by atoms with Gasteiger partial charge in [-0.2, -0.15) is 4.39 Å². The van der Waals surface area contributed by atoms with Crippen LogP contribution in [0.25, 0.3) is 6.08 Å². The molecule has 0 aliphatic rings. The summed E-state index contributed by atoms with van der Waals surface area (Å²) in [5, 5.41) is 0. The van der Waals surface area contributed by atoms with Crippen molar-refractivity contribution in [1.82, 2.24) is 0 Å². The lowest BCUT2D eigenvalue weighted by Gasteiger charge is -1.98. The molecule has 0 atom stereocenters. The summed E-state index contributed by atoms with van der Waals surface area (Å²) in [6.45, 7) is 0. The molecule has 0 aliphatic carbocycles. The van der Waals surface area contributed by atoms with Gasteiger partial charge in [0.1, 0.15) is 5.75 Å². The van der Waals surface area contributed by atoms with Gasteiger partial charge in [-0.15, -0.1) is 0 Å². The van der Waals surface area contributed by atoms with Gasteiger partial charge < -0.3 is 4.74 Å². The molecule has 3 heteroatoms. The lowest BCUT2D eigenvalue weighted by atomic mass is 10.2. The molecule has 0 saturated heterocycles. The molecule has 1 rings (SSSR count). The van der Waals surface area contributed by atoms with Crippen LogP contribution < -0.4 is 4.74 Å². The van der Waals surface area contributed by atoms with Gasteiger partial charge in [0, 0.05) is 0 Å². The third kappa shape index (κ3) is 2.66. The smallest absolute Gasteiger partial charge is 0.166 e. The molecule has 0 spiro atoms. The van der Waals surface area contributed by atoms with E-state index in [-0.39, 0.29) is 5.75 Å². The maximum Gasteiger partial charge on any atom is 0.166 e. The first kappa shape index (κ1) is 5.75. The molecule has 0 saturated carbocycles. The molecule has 0 radical (unpaired) electrons. The fourth-order valence-corrected chi connectivity index (χ4v) is 1.02. The highest BCUT2D eigenvalue weighted by Gasteiger charge is 1.91. The molecule has 0 aliphatic heterocycles. The van der Waals surface area contributed by atoms with Gasteiger partial charge in [0.2, 0.25) is 0 Å². The predicted octanol–water partition coefficient (Wildman–Crippen LogP) is 3.36. The van der Waals surface area contributed by atoms with E-state index in [4.69, 9.17) is 4.11 Å². The second-order valence-electron chi connectivity index (χ2n) is 2.11. The second kappa shape index (κ2) is 4.26. The molecular formula is C9H8BrFO. The molecule has 0 N–H and O–H groups in total. The van der Waals surface area contributed by atoms with E-state index in [1.54, 1.807) is 12.1 Å².